The molecule has 0 bridgehead atoms. The van der Waals surface area contributed by atoms with Gasteiger partial charge in [0.1, 0.15) is 13.2 Å². The number of aliphatic carboxylic acids is 1. The maximum absolute atomic E-state index is 10.9. The van der Waals surface area contributed by atoms with Crippen molar-refractivity contribution < 1.29 is 19.4 Å². The third kappa shape index (κ3) is 3.86. The van der Waals surface area contributed by atoms with Crippen molar-refractivity contribution in [1.82, 2.24) is 4.90 Å². The zero-order chi connectivity index (χ0) is 14.5. The van der Waals surface area contributed by atoms with E-state index in [1.165, 1.54) is 0 Å². The monoisotopic (exact) mass is 343 g/mol. The number of fused-ring (bicyclic) bond motifs is 1. The fourth-order valence-electron chi connectivity index (χ4n) is 2.24. The van der Waals surface area contributed by atoms with Crippen LogP contribution in [0.15, 0.2) is 16.6 Å². The van der Waals surface area contributed by atoms with Gasteiger partial charge in [-0.3, -0.25) is 9.69 Å². The fraction of sp³-hybridized carbons (Fsp3) is 0.500. The molecule has 1 heterocycles. The van der Waals surface area contributed by atoms with Gasteiger partial charge >= 0.3 is 5.97 Å². The Morgan fingerprint density at radius 3 is 2.85 bits per heavy atom. The molecule has 0 amide bonds. The van der Waals surface area contributed by atoms with E-state index in [0.29, 0.717) is 25.5 Å². The van der Waals surface area contributed by atoms with Crippen LogP contribution in [0.5, 0.6) is 11.5 Å². The van der Waals surface area contributed by atoms with Crippen LogP contribution >= 0.6 is 15.9 Å². The molecule has 110 valence electrons. The molecule has 0 radical (unpaired) electrons. The number of carbonyl (C=O) groups is 1. The van der Waals surface area contributed by atoms with E-state index >= 15 is 0 Å². The van der Waals surface area contributed by atoms with E-state index in [2.05, 4.69) is 15.9 Å². The number of ether oxygens (including phenoxy) is 2. The van der Waals surface area contributed by atoms with Crippen molar-refractivity contribution in [3.63, 3.8) is 0 Å². The number of benzene rings is 1. The molecule has 0 saturated carbocycles. The van der Waals surface area contributed by atoms with Gasteiger partial charge in [0.25, 0.3) is 0 Å². The number of nitrogens with zero attached hydrogens (tertiary/aromatic N) is 1. The first-order valence-corrected chi connectivity index (χ1v) is 7.41. The van der Waals surface area contributed by atoms with Gasteiger partial charge in [-0.1, -0.05) is 6.92 Å². The summed E-state index contributed by atoms with van der Waals surface area (Å²) < 4.78 is 12.0. The molecule has 0 aromatic heterocycles. The molecule has 20 heavy (non-hydrogen) atoms. The summed E-state index contributed by atoms with van der Waals surface area (Å²) in [5.74, 6) is 0.628. The van der Waals surface area contributed by atoms with E-state index in [9.17, 15) is 4.79 Å². The first-order chi connectivity index (χ1) is 9.60. The second kappa shape index (κ2) is 6.95. The van der Waals surface area contributed by atoms with Gasteiger partial charge in [-0.25, -0.2) is 0 Å². The SMILES string of the molecule is CCCN(CC(=O)O)Cc1cc(Br)c2c(c1)OCCO2. The molecule has 1 aliphatic rings. The van der Waals surface area contributed by atoms with Crippen molar-refractivity contribution in [1.29, 1.82) is 0 Å². The molecule has 1 aliphatic heterocycles. The predicted octanol–water partition coefficient (Wildman–Crippen LogP) is 2.52. The van der Waals surface area contributed by atoms with Crippen LogP contribution in [0.2, 0.25) is 0 Å². The normalized spacial score (nSPS) is 13.6. The largest absolute Gasteiger partial charge is 0.486 e. The molecule has 0 spiro atoms. The van der Waals surface area contributed by atoms with Crippen molar-refractivity contribution >= 4 is 21.9 Å². The van der Waals surface area contributed by atoms with Crippen LogP contribution < -0.4 is 9.47 Å². The average molecular weight is 344 g/mol. The lowest BCUT2D eigenvalue weighted by Crippen LogP contribution is -2.30. The summed E-state index contributed by atoms with van der Waals surface area (Å²) in [6.45, 7) is 4.49. The summed E-state index contributed by atoms with van der Waals surface area (Å²) in [7, 11) is 0. The molecule has 0 unspecified atom stereocenters. The molecule has 0 fully saturated rings. The molecule has 0 aliphatic carbocycles. The predicted molar refractivity (Wildman–Crippen MR) is 78.3 cm³/mol. The van der Waals surface area contributed by atoms with Gasteiger partial charge in [-0.05, 0) is 46.6 Å². The van der Waals surface area contributed by atoms with Gasteiger partial charge < -0.3 is 14.6 Å². The van der Waals surface area contributed by atoms with Crippen LogP contribution in [0.4, 0.5) is 0 Å². The Hall–Kier alpha value is -1.27. The molecule has 2 rings (SSSR count). The molecular formula is C14H18BrNO4. The zero-order valence-corrected chi connectivity index (χ0v) is 13.0. The molecular weight excluding hydrogens is 326 g/mol. The first-order valence-electron chi connectivity index (χ1n) is 6.62. The lowest BCUT2D eigenvalue weighted by atomic mass is 10.1. The second-order valence-corrected chi connectivity index (χ2v) is 5.56. The molecule has 0 atom stereocenters. The van der Waals surface area contributed by atoms with Crippen molar-refractivity contribution in [2.45, 2.75) is 19.9 Å². The summed E-state index contributed by atoms with van der Waals surface area (Å²) in [5, 5.41) is 8.94. The van der Waals surface area contributed by atoms with Crippen LogP contribution in [0.25, 0.3) is 0 Å². The maximum Gasteiger partial charge on any atom is 0.317 e. The number of hydrogen-bond donors (Lipinski definition) is 1. The first kappa shape index (κ1) is 15.1. The van der Waals surface area contributed by atoms with Crippen molar-refractivity contribution in [2.24, 2.45) is 0 Å². The van der Waals surface area contributed by atoms with Gasteiger partial charge in [0.15, 0.2) is 11.5 Å². The summed E-state index contributed by atoms with van der Waals surface area (Å²) in [6, 6.07) is 3.88. The highest BCUT2D eigenvalue weighted by molar-refractivity contribution is 9.10. The molecule has 1 aromatic carbocycles. The highest BCUT2D eigenvalue weighted by atomic mass is 79.9. The van der Waals surface area contributed by atoms with Gasteiger partial charge in [0, 0.05) is 6.54 Å². The Balaban J connectivity index is 2.15. The van der Waals surface area contributed by atoms with E-state index in [1.54, 1.807) is 0 Å². The number of halogens is 1. The zero-order valence-electron chi connectivity index (χ0n) is 11.4. The Morgan fingerprint density at radius 1 is 1.40 bits per heavy atom. The summed E-state index contributed by atoms with van der Waals surface area (Å²) in [4.78, 5) is 12.8. The number of carboxylic acid groups (broad SMARTS) is 1. The molecule has 0 saturated heterocycles. The lowest BCUT2D eigenvalue weighted by molar-refractivity contribution is -0.138. The van der Waals surface area contributed by atoms with Crippen molar-refractivity contribution in [3.05, 3.63) is 22.2 Å². The molecule has 5 nitrogen and oxygen atoms in total. The van der Waals surface area contributed by atoms with E-state index < -0.39 is 5.97 Å². The third-order valence-corrected chi connectivity index (χ3v) is 3.55. The maximum atomic E-state index is 10.9. The summed E-state index contributed by atoms with van der Waals surface area (Å²) in [5.41, 5.74) is 1.01. The Labute approximate surface area is 126 Å². The Kier molecular flexibility index (Phi) is 5.25. The van der Waals surface area contributed by atoms with Gasteiger partial charge in [0.05, 0.1) is 11.0 Å². The fourth-order valence-corrected chi connectivity index (χ4v) is 2.84. The highest BCUT2D eigenvalue weighted by Gasteiger charge is 2.18. The van der Waals surface area contributed by atoms with Crippen molar-refractivity contribution in [2.75, 3.05) is 26.3 Å². The number of hydrogen-bond acceptors (Lipinski definition) is 4. The van der Waals surface area contributed by atoms with Crippen LogP contribution in [0.3, 0.4) is 0 Å². The van der Waals surface area contributed by atoms with Crippen molar-refractivity contribution in [3.8, 4) is 11.5 Å². The summed E-state index contributed by atoms with van der Waals surface area (Å²) in [6.07, 6.45) is 0.916. The Morgan fingerprint density at radius 2 is 2.15 bits per heavy atom. The van der Waals surface area contributed by atoms with E-state index in [0.717, 1.165) is 28.8 Å². The topological polar surface area (TPSA) is 59.0 Å². The quantitative estimate of drug-likeness (QED) is 0.859. The average Bonchev–Trinajstić information content (AvgIpc) is 2.38. The van der Waals surface area contributed by atoms with E-state index in [-0.39, 0.29) is 6.54 Å². The smallest absolute Gasteiger partial charge is 0.317 e. The van der Waals surface area contributed by atoms with Crippen LogP contribution in [-0.2, 0) is 11.3 Å². The lowest BCUT2D eigenvalue weighted by Gasteiger charge is -2.23. The summed E-state index contributed by atoms with van der Waals surface area (Å²) >= 11 is 3.47. The van der Waals surface area contributed by atoms with E-state index in [4.69, 9.17) is 14.6 Å². The molecule has 6 heteroatoms. The van der Waals surface area contributed by atoms with Gasteiger partial charge in [-0.2, -0.15) is 0 Å². The minimum atomic E-state index is -0.810. The van der Waals surface area contributed by atoms with E-state index in [1.807, 2.05) is 24.0 Å². The molecule has 1 N–H and O–H groups in total. The van der Waals surface area contributed by atoms with Crippen LogP contribution in [0, 0.1) is 0 Å². The van der Waals surface area contributed by atoms with Crippen LogP contribution in [-0.4, -0.2) is 42.3 Å². The van der Waals surface area contributed by atoms with Gasteiger partial charge in [0.2, 0.25) is 0 Å². The third-order valence-electron chi connectivity index (χ3n) is 2.96. The standard InChI is InChI=1S/C14H18BrNO4/c1-2-3-16(9-13(17)18)8-10-6-11(15)14-12(7-10)19-4-5-20-14/h6-7H,2-5,8-9H2,1H3,(H,17,18). The minimum Gasteiger partial charge on any atom is -0.486 e. The second-order valence-electron chi connectivity index (χ2n) is 4.71. The van der Waals surface area contributed by atoms with Crippen LogP contribution in [0.1, 0.15) is 18.9 Å². The number of carboxylic acids is 1. The molecule has 1 aromatic rings. The minimum absolute atomic E-state index is 0.0416. The number of rotatable bonds is 6. The van der Waals surface area contributed by atoms with Gasteiger partial charge in [-0.15, -0.1) is 0 Å². The highest BCUT2D eigenvalue weighted by Crippen LogP contribution is 2.38. The Bertz CT molecular complexity index is 492.